The first-order chi connectivity index (χ1) is 12.6. The van der Waals surface area contributed by atoms with E-state index in [1.807, 2.05) is 30.3 Å². The van der Waals surface area contributed by atoms with Gasteiger partial charge in [0.25, 0.3) is 0 Å². The van der Waals surface area contributed by atoms with Crippen molar-refractivity contribution >= 4 is 11.9 Å². The number of Topliss-reactive ketones (excluding diaryl/α,β-unsaturated/α-hetero) is 1. The van der Waals surface area contributed by atoms with Gasteiger partial charge < -0.3 is 18.9 Å². The molecule has 0 radical (unpaired) electrons. The van der Waals surface area contributed by atoms with E-state index in [1.54, 1.807) is 34.5 Å². The van der Waals surface area contributed by atoms with Crippen LogP contribution in [-0.2, 0) is 6.42 Å². The summed E-state index contributed by atoms with van der Waals surface area (Å²) in [4.78, 5) is 13.0. The SMILES string of the molecule is COc1ccc(/C=C2\CCc3c(cc(OC)c(OC)c3OC)C2=O)cc1. The maximum Gasteiger partial charge on any atom is 0.203 e. The third kappa shape index (κ3) is 3.12. The molecule has 0 aromatic heterocycles. The first kappa shape index (κ1) is 17.9. The molecule has 136 valence electrons. The molecule has 0 saturated carbocycles. The van der Waals surface area contributed by atoms with Gasteiger partial charge in [0, 0.05) is 16.7 Å². The maximum atomic E-state index is 13.0. The summed E-state index contributed by atoms with van der Waals surface area (Å²) in [7, 11) is 6.31. The number of methoxy groups -OCH3 is 4. The van der Waals surface area contributed by atoms with Crippen LogP contribution in [0.1, 0.15) is 27.9 Å². The summed E-state index contributed by atoms with van der Waals surface area (Å²) < 4.78 is 21.5. The highest BCUT2D eigenvalue weighted by Gasteiger charge is 2.29. The molecule has 3 rings (SSSR count). The molecule has 0 spiro atoms. The van der Waals surface area contributed by atoms with Crippen LogP contribution in [-0.4, -0.2) is 34.2 Å². The molecular weight excluding hydrogens is 332 g/mol. The molecule has 0 aliphatic heterocycles. The molecule has 0 bridgehead atoms. The summed E-state index contributed by atoms with van der Waals surface area (Å²) in [6.07, 6.45) is 3.27. The summed E-state index contributed by atoms with van der Waals surface area (Å²) >= 11 is 0. The quantitative estimate of drug-likeness (QED) is 0.762. The standard InChI is InChI=1S/C21H22O5/c1-23-15-8-5-13(6-9-15)11-14-7-10-16-17(19(14)22)12-18(24-2)21(26-4)20(16)25-3/h5-6,8-9,11-12H,7,10H2,1-4H3/b14-11+. The Hall–Kier alpha value is -2.95. The highest BCUT2D eigenvalue weighted by atomic mass is 16.5. The van der Waals surface area contributed by atoms with E-state index in [2.05, 4.69) is 0 Å². The number of rotatable bonds is 5. The average Bonchev–Trinajstić information content (AvgIpc) is 2.69. The Bertz CT molecular complexity index is 850. The van der Waals surface area contributed by atoms with Crippen molar-refractivity contribution in [1.82, 2.24) is 0 Å². The molecule has 1 aliphatic carbocycles. The summed E-state index contributed by atoms with van der Waals surface area (Å²) in [6, 6.07) is 9.36. The number of hydrogen-bond donors (Lipinski definition) is 0. The van der Waals surface area contributed by atoms with Gasteiger partial charge in [-0.2, -0.15) is 0 Å². The van der Waals surface area contributed by atoms with Crippen LogP contribution in [0.25, 0.3) is 6.08 Å². The van der Waals surface area contributed by atoms with Gasteiger partial charge in [0.05, 0.1) is 28.4 Å². The Morgan fingerprint density at radius 3 is 2.12 bits per heavy atom. The molecule has 5 nitrogen and oxygen atoms in total. The topological polar surface area (TPSA) is 54.0 Å². The zero-order valence-corrected chi connectivity index (χ0v) is 15.4. The van der Waals surface area contributed by atoms with Crippen molar-refractivity contribution in [3.05, 3.63) is 52.6 Å². The van der Waals surface area contributed by atoms with E-state index in [9.17, 15) is 4.79 Å². The Labute approximate surface area is 153 Å². The fraction of sp³-hybridized carbons (Fsp3) is 0.286. The number of benzene rings is 2. The first-order valence-electron chi connectivity index (χ1n) is 8.34. The van der Waals surface area contributed by atoms with Crippen LogP contribution in [0.3, 0.4) is 0 Å². The molecule has 0 N–H and O–H groups in total. The van der Waals surface area contributed by atoms with Gasteiger partial charge in [-0.3, -0.25) is 4.79 Å². The molecule has 1 aliphatic rings. The van der Waals surface area contributed by atoms with Crippen molar-refractivity contribution in [2.24, 2.45) is 0 Å². The second kappa shape index (κ2) is 7.52. The largest absolute Gasteiger partial charge is 0.497 e. The molecular formula is C21H22O5. The van der Waals surface area contributed by atoms with Crippen LogP contribution < -0.4 is 18.9 Å². The highest BCUT2D eigenvalue weighted by Crippen LogP contribution is 2.45. The van der Waals surface area contributed by atoms with Crippen molar-refractivity contribution in [2.45, 2.75) is 12.8 Å². The number of carbonyl (C=O) groups excluding carboxylic acids is 1. The van der Waals surface area contributed by atoms with Crippen LogP contribution in [0, 0.1) is 0 Å². The number of hydrogen-bond acceptors (Lipinski definition) is 5. The Morgan fingerprint density at radius 1 is 0.846 bits per heavy atom. The monoisotopic (exact) mass is 354 g/mol. The number of ketones is 1. The van der Waals surface area contributed by atoms with Gasteiger partial charge >= 0.3 is 0 Å². The molecule has 0 unspecified atom stereocenters. The van der Waals surface area contributed by atoms with Gasteiger partial charge in [0.2, 0.25) is 5.75 Å². The van der Waals surface area contributed by atoms with E-state index in [0.29, 0.717) is 35.7 Å². The van der Waals surface area contributed by atoms with Crippen LogP contribution >= 0.6 is 0 Å². The minimum absolute atomic E-state index is 0.0127. The maximum absolute atomic E-state index is 13.0. The lowest BCUT2D eigenvalue weighted by molar-refractivity contribution is 0.102. The van der Waals surface area contributed by atoms with Gasteiger partial charge in [-0.15, -0.1) is 0 Å². The zero-order valence-electron chi connectivity index (χ0n) is 15.4. The molecule has 0 saturated heterocycles. The lowest BCUT2D eigenvalue weighted by Crippen LogP contribution is -2.16. The minimum atomic E-state index is -0.0127. The third-order valence-electron chi connectivity index (χ3n) is 4.57. The van der Waals surface area contributed by atoms with Gasteiger partial charge in [-0.1, -0.05) is 12.1 Å². The predicted molar refractivity (Wildman–Crippen MR) is 99.7 cm³/mol. The third-order valence-corrected chi connectivity index (χ3v) is 4.57. The summed E-state index contributed by atoms with van der Waals surface area (Å²) in [5.74, 6) is 2.35. The molecule has 5 heteroatoms. The summed E-state index contributed by atoms with van der Waals surface area (Å²) in [6.45, 7) is 0. The van der Waals surface area contributed by atoms with Crippen molar-refractivity contribution in [3.8, 4) is 23.0 Å². The van der Waals surface area contributed by atoms with Gasteiger partial charge in [-0.05, 0) is 42.7 Å². The molecule has 0 heterocycles. The molecule has 0 fully saturated rings. The van der Waals surface area contributed by atoms with E-state index in [1.165, 1.54) is 0 Å². The zero-order chi connectivity index (χ0) is 18.7. The molecule has 26 heavy (non-hydrogen) atoms. The van der Waals surface area contributed by atoms with Gasteiger partial charge in [0.1, 0.15) is 5.75 Å². The van der Waals surface area contributed by atoms with Crippen LogP contribution in [0.15, 0.2) is 35.9 Å². The molecule has 0 atom stereocenters. The predicted octanol–water partition coefficient (Wildman–Crippen LogP) is 3.93. The van der Waals surface area contributed by atoms with Crippen molar-refractivity contribution in [1.29, 1.82) is 0 Å². The average molecular weight is 354 g/mol. The van der Waals surface area contributed by atoms with E-state index in [0.717, 1.165) is 22.4 Å². The number of ether oxygens (including phenoxy) is 4. The van der Waals surface area contributed by atoms with E-state index < -0.39 is 0 Å². The Balaban J connectivity index is 2.03. The molecule has 2 aromatic rings. The Morgan fingerprint density at radius 2 is 1.54 bits per heavy atom. The van der Waals surface area contributed by atoms with E-state index in [-0.39, 0.29) is 5.78 Å². The van der Waals surface area contributed by atoms with Crippen LogP contribution in [0.2, 0.25) is 0 Å². The summed E-state index contributed by atoms with van der Waals surface area (Å²) in [5.41, 5.74) is 3.19. The fourth-order valence-electron chi connectivity index (χ4n) is 3.25. The highest BCUT2D eigenvalue weighted by molar-refractivity contribution is 6.14. The minimum Gasteiger partial charge on any atom is -0.497 e. The van der Waals surface area contributed by atoms with E-state index in [4.69, 9.17) is 18.9 Å². The Kier molecular flexibility index (Phi) is 5.16. The van der Waals surface area contributed by atoms with Gasteiger partial charge in [-0.25, -0.2) is 0 Å². The van der Waals surface area contributed by atoms with Crippen LogP contribution in [0.5, 0.6) is 23.0 Å². The molecule has 2 aromatic carbocycles. The lowest BCUT2D eigenvalue weighted by Gasteiger charge is -2.23. The second-order valence-electron chi connectivity index (χ2n) is 5.94. The van der Waals surface area contributed by atoms with Gasteiger partial charge in [0.15, 0.2) is 17.3 Å². The normalized spacial score (nSPS) is 14.8. The van der Waals surface area contributed by atoms with E-state index >= 15 is 0 Å². The lowest BCUT2D eigenvalue weighted by atomic mass is 9.85. The van der Waals surface area contributed by atoms with Crippen molar-refractivity contribution in [3.63, 3.8) is 0 Å². The second-order valence-corrected chi connectivity index (χ2v) is 5.94. The molecule has 0 amide bonds. The summed E-state index contributed by atoms with van der Waals surface area (Å²) in [5, 5.41) is 0. The number of fused-ring (bicyclic) bond motifs is 1. The smallest absolute Gasteiger partial charge is 0.203 e. The first-order valence-corrected chi connectivity index (χ1v) is 8.34. The fourth-order valence-corrected chi connectivity index (χ4v) is 3.25. The number of allylic oxidation sites excluding steroid dienone is 1. The van der Waals surface area contributed by atoms with Crippen LogP contribution in [0.4, 0.5) is 0 Å². The van der Waals surface area contributed by atoms with Crippen molar-refractivity contribution in [2.75, 3.05) is 28.4 Å². The number of carbonyl (C=O) groups is 1. The van der Waals surface area contributed by atoms with Crippen molar-refractivity contribution < 1.29 is 23.7 Å².